The Kier molecular flexibility index (Phi) is 3.48. The first kappa shape index (κ1) is 12.9. The van der Waals surface area contributed by atoms with Crippen molar-refractivity contribution in [3.63, 3.8) is 0 Å². The van der Waals surface area contributed by atoms with Crippen molar-refractivity contribution >= 4 is 5.91 Å². The number of rotatable bonds is 2. The van der Waals surface area contributed by atoms with Gasteiger partial charge in [0.15, 0.2) is 0 Å². The van der Waals surface area contributed by atoms with Crippen molar-refractivity contribution in [1.82, 2.24) is 10.2 Å². The van der Waals surface area contributed by atoms with Gasteiger partial charge in [0.2, 0.25) is 5.91 Å². The zero-order chi connectivity index (χ0) is 12.6. The van der Waals surface area contributed by atoms with E-state index in [1.807, 2.05) is 7.05 Å². The number of likely N-dealkylation sites (N-methyl/N-ethyl adjacent to an activating group) is 1. The Balaban J connectivity index is 0.00000162. The lowest BCUT2D eigenvalue weighted by atomic mass is 9.73. The minimum Gasteiger partial charge on any atom is -0.336 e. The molecule has 0 aromatic rings. The van der Waals surface area contributed by atoms with Gasteiger partial charge in [-0.1, -0.05) is 20.8 Å². The fourth-order valence-electron chi connectivity index (χ4n) is 3.53. The van der Waals surface area contributed by atoms with Gasteiger partial charge in [0.1, 0.15) is 0 Å². The molecule has 2 aliphatic heterocycles. The molecule has 2 saturated heterocycles. The molecule has 0 spiro atoms. The molecule has 2 rings (SSSR count). The molecule has 0 radical (unpaired) electrons. The summed E-state index contributed by atoms with van der Waals surface area (Å²) in [6.45, 7) is 7.50. The number of fused-ring (bicyclic) bond motifs is 2. The highest BCUT2D eigenvalue weighted by Crippen LogP contribution is 2.45. The van der Waals surface area contributed by atoms with Crippen LogP contribution in [-0.2, 0) is 4.79 Å². The van der Waals surface area contributed by atoms with Crippen molar-refractivity contribution < 1.29 is 6.22 Å². The predicted octanol–water partition coefficient (Wildman–Crippen LogP) is 2.27. The number of nitrogens with one attached hydrogen (secondary N) is 1. The van der Waals surface area contributed by atoms with Crippen LogP contribution in [0.5, 0.6) is 0 Å². The molecule has 1 amide bonds. The van der Waals surface area contributed by atoms with Gasteiger partial charge in [-0.3, -0.25) is 4.79 Å². The number of hydrogen-bond acceptors (Lipinski definition) is 2. The Bertz CT molecular complexity index is 287. The molecule has 1 unspecified atom stereocenters. The molecular weight excluding hydrogens is 212 g/mol. The molecule has 2 aliphatic rings. The third kappa shape index (κ3) is 2.49. The van der Waals surface area contributed by atoms with E-state index in [9.17, 15) is 4.79 Å². The van der Waals surface area contributed by atoms with Crippen molar-refractivity contribution in [3.8, 4) is 0 Å². The van der Waals surface area contributed by atoms with Gasteiger partial charge in [0.05, 0.1) is 6.54 Å². The number of amides is 1. The van der Waals surface area contributed by atoms with Crippen LogP contribution in [0.4, 0.5) is 0 Å². The van der Waals surface area contributed by atoms with Gasteiger partial charge < -0.3 is 10.2 Å². The highest BCUT2D eigenvalue weighted by molar-refractivity contribution is 5.79. The third-order valence-electron chi connectivity index (χ3n) is 4.57. The second kappa shape index (κ2) is 4.60. The second-order valence-corrected chi connectivity index (χ2v) is 6.75. The normalized spacial score (nSPS) is 32.9. The summed E-state index contributed by atoms with van der Waals surface area (Å²) < 4.78 is 0. The van der Waals surface area contributed by atoms with Crippen molar-refractivity contribution in [1.29, 1.82) is 0 Å². The highest BCUT2D eigenvalue weighted by Gasteiger charge is 2.45. The topological polar surface area (TPSA) is 32.3 Å². The number of hydrogen-bond donors (Lipinski definition) is 1. The Morgan fingerprint density at radius 2 is 1.82 bits per heavy atom. The van der Waals surface area contributed by atoms with E-state index in [-0.39, 0.29) is 1.43 Å². The third-order valence-corrected chi connectivity index (χ3v) is 4.57. The molecule has 100 valence electrons. The Hall–Kier alpha value is -0.570. The highest BCUT2D eigenvalue weighted by atomic mass is 16.2. The minimum atomic E-state index is 0. The maximum absolute atomic E-state index is 12.1. The molecule has 3 nitrogen and oxygen atoms in total. The van der Waals surface area contributed by atoms with Crippen LogP contribution < -0.4 is 5.32 Å². The van der Waals surface area contributed by atoms with Crippen LogP contribution in [0.3, 0.4) is 0 Å². The molecular formula is C14H28N2O. The van der Waals surface area contributed by atoms with Crippen molar-refractivity contribution in [2.75, 3.05) is 13.6 Å². The summed E-state index contributed by atoms with van der Waals surface area (Å²) in [7, 11) is 1.85. The molecule has 2 bridgehead atoms. The van der Waals surface area contributed by atoms with Crippen LogP contribution in [0.2, 0.25) is 0 Å². The van der Waals surface area contributed by atoms with E-state index in [0.29, 0.717) is 30.0 Å². The fraction of sp³-hybridized carbons (Fsp3) is 0.929. The van der Waals surface area contributed by atoms with Gasteiger partial charge in [0, 0.05) is 13.5 Å². The summed E-state index contributed by atoms with van der Waals surface area (Å²) >= 11 is 0. The molecule has 0 aliphatic carbocycles. The number of carbonyl (C=O) groups excluding carboxylic acids is 1. The SMILES string of the molecule is CNCC(=O)N1[C@@H]2CC[C@H]1CC(C(C)(C)C)C2.[HH]. The van der Waals surface area contributed by atoms with Crippen LogP contribution >= 0.6 is 0 Å². The van der Waals surface area contributed by atoms with E-state index in [1.165, 1.54) is 25.7 Å². The van der Waals surface area contributed by atoms with Gasteiger partial charge in [-0.15, -0.1) is 0 Å². The van der Waals surface area contributed by atoms with Crippen molar-refractivity contribution in [2.24, 2.45) is 11.3 Å². The largest absolute Gasteiger partial charge is 0.336 e. The summed E-state index contributed by atoms with van der Waals surface area (Å²) in [6, 6.07) is 1.03. The molecule has 3 heteroatoms. The number of carbonyl (C=O) groups is 1. The first-order valence-electron chi connectivity index (χ1n) is 6.89. The smallest absolute Gasteiger partial charge is 0.237 e. The Morgan fingerprint density at radius 1 is 1.29 bits per heavy atom. The van der Waals surface area contributed by atoms with Gasteiger partial charge in [-0.25, -0.2) is 0 Å². The van der Waals surface area contributed by atoms with Gasteiger partial charge in [-0.2, -0.15) is 0 Å². The van der Waals surface area contributed by atoms with Crippen LogP contribution in [0.1, 0.15) is 47.9 Å². The monoisotopic (exact) mass is 240 g/mol. The van der Waals surface area contributed by atoms with Crippen LogP contribution in [-0.4, -0.2) is 36.5 Å². The van der Waals surface area contributed by atoms with Crippen LogP contribution in [0.15, 0.2) is 0 Å². The predicted molar refractivity (Wildman–Crippen MR) is 71.9 cm³/mol. The summed E-state index contributed by atoms with van der Waals surface area (Å²) in [5.74, 6) is 1.07. The van der Waals surface area contributed by atoms with E-state index in [2.05, 4.69) is 31.0 Å². The van der Waals surface area contributed by atoms with E-state index in [0.717, 1.165) is 5.92 Å². The molecule has 0 saturated carbocycles. The summed E-state index contributed by atoms with van der Waals surface area (Å²) in [5.41, 5.74) is 0.388. The lowest BCUT2D eigenvalue weighted by molar-refractivity contribution is -0.136. The number of piperidine rings is 1. The maximum Gasteiger partial charge on any atom is 0.237 e. The van der Waals surface area contributed by atoms with Crippen molar-refractivity contribution in [3.05, 3.63) is 0 Å². The van der Waals surface area contributed by atoms with Gasteiger partial charge in [-0.05, 0) is 44.1 Å². The number of nitrogens with zero attached hydrogens (tertiary/aromatic N) is 1. The Morgan fingerprint density at radius 3 is 2.24 bits per heavy atom. The molecule has 2 heterocycles. The van der Waals surface area contributed by atoms with E-state index in [4.69, 9.17) is 0 Å². The maximum atomic E-state index is 12.1. The zero-order valence-electron chi connectivity index (χ0n) is 11.6. The van der Waals surface area contributed by atoms with E-state index in [1.54, 1.807) is 0 Å². The fourth-order valence-corrected chi connectivity index (χ4v) is 3.53. The molecule has 0 aromatic heterocycles. The van der Waals surface area contributed by atoms with E-state index < -0.39 is 0 Å². The first-order valence-corrected chi connectivity index (χ1v) is 6.89. The average Bonchev–Trinajstić information content (AvgIpc) is 2.48. The summed E-state index contributed by atoms with van der Waals surface area (Å²) in [6.07, 6.45) is 4.84. The summed E-state index contributed by atoms with van der Waals surface area (Å²) in [4.78, 5) is 14.3. The zero-order valence-corrected chi connectivity index (χ0v) is 11.6. The van der Waals surface area contributed by atoms with Crippen LogP contribution in [0.25, 0.3) is 0 Å². The standard InChI is InChI=1S/C14H26N2O.H2/c1-14(2,3)10-7-11-5-6-12(8-10)16(11)13(17)9-15-4;/h10-12,15H,5-9H2,1-4H3;1H/t10?,11-,12+;. The molecule has 0 aromatic carbocycles. The van der Waals surface area contributed by atoms with E-state index >= 15 is 0 Å². The molecule has 17 heavy (non-hydrogen) atoms. The first-order chi connectivity index (χ1) is 7.93. The lowest BCUT2D eigenvalue weighted by Gasteiger charge is -2.44. The van der Waals surface area contributed by atoms with Crippen LogP contribution in [0, 0.1) is 11.3 Å². The van der Waals surface area contributed by atoms with Gasteiger partial charge in [0.25, 0.3) is 0 Å². The quantitative estimate of drug-likeness (QED) is 0.803. The molecule has 1 N–H and O–H groups in total. The Labute approximate surface area is 106 Å². The van der Waals surface area contributed by atoms with Gasteiger partial charge >= 0.3 is 0 Å². The molecule has 3 atom stereocenters. The lowest BCUT2D eigenvalue weighted by Crippen LogP contribution is -2.50. The minimum absolute atomic E-state index is 0. The molecule has 2 fully saturated rings. The average molecular weight is 240 g/mol. The summed E-state index contributed by atoms with van der Waals surface area (Å²) in [5, 5.41) is 2.98. The van der Waals surface area contributed by atoms with Crippen molar-refractivity contribution in [2.45, 2.75) is 58.5 Å². The second-order valence-electron chi connectivity index (χ2n) is 6.75.